The van der Waals surface area contributed by atoms with Crippen LogP contribution in [0.4, 0.5) is 0 Å². The number of carbonyl (C=O) groups is 1. The monoisotopic (exact) mass is 293 g/mol. The Morgan fingerprint density at radius 2 is 1.67 bits per heavy atom. The van der Waals surface area contributed by atoms with E-state index >= 15 is 0 Å². The van der Waals surface area contributed by atoms with Gasteiger partial charge in [0.2, 0.25) is 0 Å². The standard InChI is InChI=1S/C16H23NO4/c1-4-13(16(18)19)17-7-5-11-9-14(20-2)15(21-3)10-12(11)6-8-17/h9-10,13H,4-8H2,1-3H3,(H,18,19). The topological polar surface area (TPSA) is 59.0 Å². The lowest BCUT2D eigenvalue weighted by Crippen LogP contribution is -2.42. The molecule has 1 heterocycles. The van der Waals surface area contributed by atoms with Gasteiger partial charge in [-0.25, -0.2) is 0 Å². The number of nitrogens with zero attached hydrogens (tertiary/aromatic N) is 1. The van der Waals surface area contributed by atoms with E-state index in [1.165, 1.54) is 11.1 Å². The maximum atomic E-state index is 11.3. The highest BCUT2D eigenvalue weighted by Crippen LogP contribution is 2.32. The fourth-order valence-electron chi connectivity index (χ4n) is 2.97. The van der Waals surface area contributed by atoms with Crippen molar-refractivity contribution in [2.24, 2.45) is 0 Å². The third-order valence-electron chi connectivity index (χ3n) is 4.16. The zero-order valence-electron chi connectivity index (χ0n) is 12.9. The predicted molar refractivity (Wildman–Crippen MR) is 80.2 cm³/mol. The first-order valence-electron chi connectivity index (χ1n) is 7.31. The highest BCUT2D eigenvalue weighted by atomic mass is 16.5. The van der Waals surface area contributed by atoms with Crippen LogP contribution < -0.4 is 9.47 Å². The molecule has 0 saturated carbocycles. The van der Waals surface area contributed by atoms with Gasteiger partial charge in [-0.1, -0.05) is 6.92 Å². The summed E-state index contributed by atoms with van der Waals surface area (Å²) in [5.41, 5.74) is 2.44. The summed E-state index contributed by atoms with van der Waals surface area (Å²) in [7, 11) is 3.26. The minimum Gasteiger partial charge on any atom is -0.493 e. The maximum absolute atomic E-state index is 11.3. The number of hydrogen-bond donors (Lipinski definition) is 1. The number of carboxylic acid groups (broad SMARTS) is 1. The second-order valence-corrected chi connectivity index (χ2v) is 5.27. The Hall–Kier alpha value is -1.75. The number of aliphatic carboxylic acids is 1. The molecule has 0 amide bonds. The lowest BCUT2D eigenvalue weighted by Gasteiger charge is -2.26. The van der Waals surface area contributed by atoms with Crippen molar-refractivity contribution in [3.63, 3.8) is 0 Å². The van der Waals surface area contributed by atoms with Gasteiger partial charge in [0.1, 0.15) is 6.04 Å². The van der Waals surface area contributed by atoms with Gasteiger partial charge in [-0.05, 0) is 42.5 Å². The molecule has 0 aromatic heterocycles. The quantitative estimate of drug-likeness (QED) is 0.899. The molecule has 116 valence electrons. The van der Waals surface area contributed by atoms with E-state index in [2.05, 4.69) is 4.90 Å². The summed E-state index contributed by atoms with van der Waals surface area (Å²) in [6.45, 7) is 3.43. The van der Waals surface area contributed by atoms with E-state index in [1.54, 1.807) is 14.2 Å². The number of hydrogen-bond acceptors (Lipinski definition) is 4. The van der Waals surface area contributed by atoms with Crippen molar-refractivity contribution in [1.82, 2.24) is 4.90 Å². The van der Waals surface area contributed by atoms with Gasteiger partial charge in [0.25, 0.3) is 0 Å². The van der Waals surface area contributed by atoms with Crippen LogP contribution in [-0.2, 0) is 17.6 Å². The van der Waals surface area contributed by atoms with E-state index in [0.29, 0.717) is 6.42 Å². The summed E-state index contributed by atoms with van der Waals surface area (Å²) in [5.74, 6) is 0.726. The molecule has 0 bridgehead atoms. The van der Waals surface area contributed by atoms with E-state index in [9.17, 15) is 9.90 Å². The van der Waals surface area contributed by atoms with Crippen LogP contribution in [0.15, 0.2) is 12.1 Å². The summed E-state index contributed by atoms with van der Waals surface area (Å²) in [4.78, 5) is 13.4. The number of rotatable bonds is 5. The van der Waals surface area contributed by atoms with Crippen LogP contribution in [0.25, 0.3) is 0 Å². The molecule has 1 aromatic rings. The van der Waals surface area contributed by atoms with Crippen LogP contribution in [0, 0.1) is 0 Å². The fourth-order valence-corrected chi connectivity index (χ4v) is 2.97. The van der Waals surface area contributed by atoms with Crippen molar-refractivity contribution in [3.8, 4) is 11.5 Å². The zero-order valence-corrected chi connectivity index (χ0v) is 12.9. The molecule has 0 saturated heterocycles. The molecule has 1 N–H and O–H groups in total. The smallest absolute Gasteiger partial charge is 0.320 e. The maximum Gasteiger partial charge on any atom is 0.320 e. The number of methoxy groups -OCH3 is 2. The molecule has 5 heteroatoms. The van der Waals surface area contributed by atoms with Crippen LogP contribution in [0.1, 0.15) is 24.5 Å². The first-order chi connectivity index (χ1) is 10.1. The number of ether oxygens (including phenoxy) is 2. The van der Waals surface area contributed by atoms with Gasteiger partial charge in [-0.15, -0.1) is 0 Å². The van der Waals surface area contributed by atoms with Crippen molar-refractivity contribution < 1.29 is 19.4 Å². The molecule has 0 fully saturated rings. The van der Waals surface area contributed by atoms with E-state index in [-0.39, 0.29) is 0 Å². The van der Waals surface area contributed by atoms with Crippen molar-refractivity contribution in [1.29, 1.82) is 0 Å². The normalized spacial score (nSPS) is 16.7. The lowest BCUT2D eigenvalue weighted by atomic mass is 10.0. The SMILES string of the molecule is CCC(C(=O)O)N1CCc2cc(OC)c(OC)cc2CC1. The minimum absolute atomic E-state index is 0.400. The molecule has 1 aliphatic rings. The van der Waals surface area contributed by atoms with Crippen molar-refractivity contribution in [2.75, 3.05) is 27.3 Å². The Morgan fingerprint density at radius 1 is 1.19 bits per heavy atom. The summed E-state index contributed by atoms with van der Waals surface area (Å²) >= 11 is 0. The average Bonchev–Trinajstić information content (AvgIpc) is 2.68. The van der Waals surface area contributed by atoms with Crippen LogP contribution >= 0.6 is 0 Å². The average molecular weight is 293 g/mol. The first kappa shape index (κ1) is 15.6. The van der Waals surface area contributed by atoms with Gasteiger partial charge in [-0.3, -0.25) is 9.69 Å². The molecule has 21 heavy (non-hydrogen) atoms. The van der Waals surface area contributed by atoms with Crippen molar-refractivity contribution in [3.05, 3.63) is 23.3 Å². The molecule has 1 aromatic carbocycles. The van der Waals surface area contributed by atoms with Crippen LogP contribution in [0.2, 0.25) is 0 Å². The second kappa shape index (κ2) is 6.80. The van der Waals surface area contributed by atoms with E-state index in [1.807, 2.05) is 19.1 Å². The Morgan fingerprint density at radius 3 is 2.00 bits per heavy atom. The number of fused-ring (bicyclic) bond motifs is 1. The molecular weight excluding hydrogens is 270 g/mol. The first-order valence-corrected chi connectivity index (χ1v) is 7.31. The Kier molecular flexibility index (Phi) is 5.07. The summed E-state index contributed by atoms with van der Waals surface area (Å²) in [6, 6.07) is 3.63. The predicted octanol–water partition coefficient (Wildman–Crippen LogP) is 1.97. The van der Waals surface area contributed by atoms with E-state index in [0.717, 1.165) is 37.4 Å². The van der Waals surface area contributed by atoms with Crippen LogP contribution in [0.5, 0.6) is 11.5 Å². The molecule has 0 spiro atoms. The molecule has 0 radical (unpaired) electrons. The number of benzene rings is 1. The molecule has 1 aliphatic heterocycles. The van der Waals surface area contributed by atoms with Gasteiger partial charge < -0.3 is 14.6 Å². The van der Waals surface area contributed by atoms with Crippen molar-refractivity contribution >= 4 is 5.97 Å². The molecule has 2 rings (SSSR count). The largest absolute Gasteiger partial charge is 0.493 e. The minimum atomic E-state index is -0.737. The van der Waals surface area contributed by atoms with Gasteiger partial charge in [0, 0.05) is 13.1 Å². The Balaban J connectivity index is 2.22. The molecule has 1 unspecified atom stereocenters. The summed E-state index contributed by atoms with van der Waals surface area (Å²) in [5, 5.41) is 9.32. The third-order valence-corrected chi connectivity index (χ3v) is 4.16. The Bertz CT molecular complexity index is 480. The lowest BCUT2D eigenvalue weighted by molar-refractivity contribution is -0.143. The highest BCUT2D eigenvalue weighted by Gasteiger charge is 2.26. The third kappa shape index (κ3) is 3.29. The fraction of sp³-hybridized carbons (Fsp3) is 0.562. The summed E-state index contributed by atoms with van der Waals surface area (Å²) < 4.78 is 10.7. The van der Waals surface area contributed by atoms with Gasteiger partial charge >= 0.3 is 5.97 Å². The highest BCUT2D eigenvalue weighted by molar-refractivity contribution is 5.73. The molecule has 5 nitrogen and oxygen atoms in total. The van der Waals surface area contributed by atoms with Gasteiger partial charge in [0.15, 0.2) is 11.5 Å². The van der Waals surface area contributed by atoms with Crippen LogP contribution in [-0.4, -0.2) is 49.3 Å². The van der Waals surface area contributed by atoms with Gasteiger partial charge in [0.05, 0.1) is 14.2 Å². The van der Waals surface area contributed by atoms with Crippen LogP contribution in [0.3, 0.4) is 0 Å². The van der Waals surface area contributed by atoms with E-state index in [4.69, 9.17) is 9.47 Å². The molecular formula is C16H23NO4. The Labute approximate surface area is 125 Å². The summed E-state index contributed by atoms with van der Waals surface area (Å²) in [6.07, 6.45) is 2.29. The molecule has 1 atom stereocenters. The van der Waals surface area contributed by atoms with Gasteiger partial charge in [-0.2, -0.15) is 0 Å². The van der Waals surface area contributed by atoms with E-state index < -0.39 is 12.0 Å². The second-order valence-electron chi connectivity index (χ2n) is 5.27. The molecule has 0 aliphatic carbocycles. The van der Waals surface area contributed by atoms with Crippen molar-refractivity contribution in [2.45, 2.75) is 32.2 Å². The zero-order chi connectivity index (χ0) is 15.4. The number of carboxylic acids is 1.